The molecule has 0 spiro atoms. The van der Waals surface area contributed by atoms with E-state index in [0.29, 0.717) is 0 Å². The van der Waals surface area contributed by atoms with Gasteiger partial charge in [-0.1, -0.05) is 0 Å². The molecule has 0 aliphatic heterocycles. The van der Waals surface area contributed by atoms with Gasteiger partial charge in [0.1, 0.15) is 0 Å². The van der Waals surface area contributed by atoms with Crippen molar-refractivity contribution in [3.63, 3.8) is 0 Å². The Hall–Kier alpha value is 0.960. The van der Waals surface area contributed by atoms with Crippen molar-refractivity contribution in [3.8, 4) is 0 Å². The molecule has 1 nitrogen and oxygen atoms in total. The third kappa shape index (κ3) is 84.4. The second-order valence-corrected chi connectivity index (χ2v) is 2.17. The molecule has 0 saturated carbocycles. The van der Waals surface area contributed by atoms with Crippen LogP contribution in [-0.4, -0.2) is 40.3 Å². The molecule has 0 radical (unpaired) electrons. The van der Waals surface area contributed by atoms with E-state index in [1.165, 1.54) is 0 Å². The number of hydrogen-bond acceptors (Lipinski definition) is 1. The molecule has 0 aromatic heterocycles. The summed E-state index contributed by atoms with van der Waals surface area (Å²) >= 11 is 0. The molecule has 0 amide bonds. The van der Waals surface area contributed by atoms with Gasteiger partial charge in [0, 0.05) is 1.43 Å². The molecular formula is C4H13NaO. The number of aliphatic hydroxyl groups is 1. The number of rotatable bonds is 0. The summed E-state index contributed by atoms with van der Waals surface area (Å²) in [5.74, 6) is 0. The van der Waals surface area contributed by atoms with Crippen LogP contribution in [0.25, 0.3) is 0 Å². The van der Waals surface area contributed by atoms with Gasteiger partial charge in [-0.05, 0) is 20.8 Å². The Balaban J connectivity index is -0.0000000800. The van der Waals surface area contributed by atoms with E-state index >= 15 is 0 Å². The second kappa shape index (κ2) is 3.03. The third-order valence-corrected chi connectivity index (χ3v) is 0. The van der Waals surface area contributed by atoms with Gasteiger partial charge < -0.3 is 5.11 Å². The minimum absolute atomic E-state index is 0. The van der Waals surface area contributed by atoms with Gasteiger partial charge in [-0.25, -0.2) is 0 Å². The first-order chi connectivity index (χ1) is 2.00. The van der Waals surface area contributed by atoms with Crippen molar-refractivity contribution in [2.24, 2.45) is 0 Å². The SMILES string of the molecule is CC(C)(C)O.[HH].[NaH]. The summed E-state index contributed by atoms with van der Waals surface area (Å²) in [6, 6.07) is 0. The molecule has 0 aliphatic rings. The molecular weight excluding hydrogens is 87.0 g/mol. The Morgan fingerprint density at radius 3 is 1.33 bits per heavy atom. The molecule has 6 heavy (non-hydrogen) atoms. The van der Waals surface area contributed by atoms with Crippen LogP contribution in [0.1, 0.15) is 22.2 Å². The summed E-state index contributed by atoms with van der Waals surface area (Å²) in [5, 5.41) is 8.52. The first-order valence-electron chi connectivity index (χ1n) is 1.72. The molecule has 0 unspecified atom stereocenters. The van der Waals surface area contributed by atoms with E-state index in [1.807, 2.05) is 0 Å². The Kier molecular flexibility index (Phi) is 5.07. The van der Waals surface area contributed by atoms with Gasteiger partial charge in [0.05, 0.1) is 5.60 Å². The average molecular weight is 100 g/mol. The van der Waals surface area contributed by atoms with Crippen LogP contribution in [0.2, 0.25) is 0 Å². The van der Waals surface area contributed by atoms with E-state index in [0.717, 1.165) is 0 Å². The fraction of sp³-hybridized carbons (Fsp3) is 1.00. The molecule has 0 rings (SSSR count). The minimum atomic E-state index is -0.500. The Morgan fingerprint density at radius 2 is 1.33 bits per heavy atom. The van der Waals surface area contributed by atoms with E-state index < -0.39 is 5.60 Å². The normalized spacial score (nSPS) is 10.0. The molecule has 1 N–H and O–H groups in total. The first kappa shape index (κ1) is 10.0. The topological polar surface area (TPSA) is 20.2 Å². The maximum absolute atomic E-state index is 8.52. The van der Waals surface area contributed by atoms with Crippen LogP contribution in [0.4, 0.5) is 0 Å². The van der Waals surface area contributed by atoms with Gasteiger partial charge in [0.15, 0.2) is 0 Å². The van der Waals surface area contributed by atoms with Gasteiger partial charge in [-0.2, -0.15) is 0 Å². The molecule has 0 aromatic rings. The molecule has 2 heteroatoms. The molecule has 0 aromatic carbocycles. The summed E-state index contributed by atoms with van der Waals surface area (Å²) in [6.07, 6.45) is 0. The Labute approximate surface area is 62.5 Å². The van der Waals surface area contributed by atoms with E-state index in [4.69, 9.17) is 5.11 Å². The molecule has 0 heterocycles. The fourth-order valence-corrected chi connectivity index (χ4v) is 0. The predicted molar refractivity (Wildman–Crippen MR) is 31.2 cm³/mol. The van der Waals surface area contributed by atoms with E-state index in [-0.39, 0.29) is 31.0 Å². The molecule has 0 aliphatic carbocycles. The van der Waals surface area contributed by atoms with Crippen LogP contribution in [0, 0.1) is 0 Å². The molecule has 0 fully saturated rings. The quantitative estimate of drug-likeness (QED) is 0.436. The van der Waals surface area contributed by atoms with Gasteiger partial charge >= 0.3 is 29.6 Å². The summed E-state index contributed by atoms with van der Waals surface area (Å²) in [5.41, 5.74) is -0.500. The standard InChI is InChI=1S/C4H10O.Na.H2.H/c1-4(2,3)5;;;/h5H,1-3H3;;1H;. The van der Waals surface area contributed by atoms with Gasteiger partial charge in [0.2, 0.25) is 0 Å². The fourth-order valence-electron chi connectivity index (χ4n) is 0. The van der Waals surface area contributed by atoms with Crippen molar-refractivity contribution in [1.82, 2.24) is 0 Å². The molecule has 36 valence electrons. The van der Waals surface area contributed by atoms with Crippen molar-refractivity contribution in [2.75, 3.05) is 0 Å². The summed E-state index contributed by atoms with van der Waals surface area (Å²) < 4.78 is 0. The molecule has 0 bridgehead atoms. The number of hydrogen-bond donors (Lipinski definition) is 1. The van der Waals surface area contributed by atoms with Crippen LogP contribution < -0.4 is 0 Å². The van der Waals surface area contributed by atoms with Gasteiger partial charge in [0.25, 0.3) is 0 Å². The zero-order valence-electron chi connectivity index (χ0n) is 3.95. The van der Waals surface area contributed by atoms with Crippen LogP contribution in [0.5, 0.6) is 0 Å². The van der Waals surface area contributed by atoms with Crippen molar-refractivity contribution in [2.45, 2.75) is 26.4 Å². The zero-order valence-corrected chi connectivity index (χ0v) is 3.95. The summed E-state index contributed by atoms with van der Waals surface area (Å²) in [4.78, 5) is 0. The second-order valence-electron chi connectivity index (χ2n) is 2.17. The van der Waals surface area contributed by atoms with Crippen molar-refractivity contribution >= 4 is 29.6 Å². The van der Waals surface area contributed by atoms with E-state index in [1.54, 1.807) is 20.8 Å². The van der Waals surface area contributed by atoms with Crippen molar-refractivity contribution in [1.29, 1.82) is 0 Å². The van der Waals surface area contributed by atoms with Crippen LogP contribution in [0.15, 0.2) is 0 Å². The van der Waals surface area contributed by atoms with Crippen LogP contribution >= 0.6 is 0 Å². The Bertz CT molecular complexity index is 27.2. The van der Waals surface area contributed by atoms with E-state index in [9.17, 15) is 0 Å². The predicted octanol–water partition coefficient (Wildman–Crippen LogP) is 0.375. The van der Waals surface area contributed by atoms with Crippen LogP contribution in [0.3, 0.4) is 0 Å². The van der Waals surface area contributed by atoms with Gasteiger partial charge in [-0.15, -0.1) is 0 Å². The molecule has 0 saturated heterocycles. The van der Waals surface area contributed by atoms with Crippen molar-refractivity contribution in [3.05, 3.63) is 0 Å². The first-order valence-corrected chi connectivity index (χ1v) is 1.72. The summed E-state index contributed by atoms with van der Waals surface area (Å²) in [6.45, 7) is 5.23. The van der Waals surface area contributed by atoms with Crippen LogP contribution in [-0.2, 0) is 0 Å². The average Bonchev–Trinajstić information content (AvgIpc) is 0.722. The monoisotopic (exact) mass is 100 g/mol. The van der Waals surface area contributed by atoms with Crippen molar-refractivity contribution < 1.29 is 6.53 Å². The maximum atomic E-state index is 8.52. The Morgan fingerprint density at radius 1 is 1.33 bits per heavy atom. The van der Waals surface area contributed by atoms with Gasteiger partial charge in [-0.3, -0.25) is 0 Å². The third-order valence-electron chi connectivity index (χ3n) is 0. The summed E-state index contributed by atoms with van der Waals surface area (Å²) in [7, 11) is 0. The molecule has 0 atom stereocenters. The van der Waals surface area contributed by atoms with E-state index in [2.05, 4.69) is 0 Å². The zero-order chi connectivity index (χ0) is 4.50.